The highest BCUT2D eigenvalue weighted by Gasteiger charge is 2.26. The summed E-state index contributed by atoms with van der Waals surface area (Å²) in [5, 5.41) is 11.5. The molecule has 0 aliphatic heterocycles. The maximum atomic E-state index is 13.4. The molecule has 0 spiro atoms. The molecule has 0 unspecified atom stereocenters. The average molecular weight is 440 g/mol. The van der Waals surface area contributed by atoms with Gasteiger partial charge in [-0.25, -0.2) is 4.98 Å². The van der Waals surface area contributed by atoms with Gasteiger partial charge < -0.3 is 4.74 Å². The first kappa shape index (κ1) is 20.0. The summed E-state index contributed by atoms with van der Waals surface area (Å²) in [6.07, 6.45) is 0. The number of nitrogens with zero attached hydrogens (tertiary/aromatic N) is 3. The number of ether oxygens (including phenoxy) is 1. The van der Waals surface area contributed by atoms with Crippen molar-refractivity contribution in [2.24, 2.45) is 0 Å². The molecular formula is C21H17N3O4S2. The second-order valence-corrected chi connectivity index (χ2v) is 8.57. The number of benzene rings is 2. The van der Waals surface area contributed by atoms with E-state index in [9.17, 15) is 14.9 Å². The molecule has 0 aliphatic rings. The summed E-state index contributed by atoms with van der Waals surface area (Å²) >= 11 is 2.26. The molecule has 152 valence electrons. The number of methoxy groups -OCH3 is 1. The Kier molecular flexibility index (Phi) is 5.47. The van der Waals surface area contributed by atoms with Gasteiger partial charge in [-0.2, -0.15) is 0 Å². The van der Waals surface area contributed by atoms with Crippen molar-refractivity contribution in [3.8, 4) is 5.75 Å². The molecule has 2 heterocycles. The monoisotopic (exact) mass is 439 g/mol. The van der Waals surface area contributed by atoms with E-state index in [4.69, 9.17) is 9.72 Å². The minimum Gasteiger partial charge on any atom is -0.494 e. The fourth-order valence-electron chi connectivity index (χ4n) is 3.04. The van der Waals surface area contributed by atoms with Gasteiger partial charge >= 0.3 is 5.00 Å². The van der Waals surface area contributed by atoms with Crippen LogP contribution in [0, 0.1) is 17.0 Å². The Labute approximate surface area is 180 Å². The number of thiazole rings is 1. The molecule has 30 heavy (non-hydrogen) atoms. The molecule has 0 saturated carbocycles. The Morgan fingerprint density at radius 3 is 2.57 bits per heavy atom. The quantitative estimate of drug-likeness (QED) is 0.295. The SMILES string of the molecule is COc1ccc(C)c2sc(N(Cc3ccccc3)C(=O)c3ccc([N+](=O)[O-])s3)nc12. The molecule has 0 atom stereocenters. The van der Waals surface area contributed by atoms with Crippen LogP contribution in [0.1, 0.15) is 20.8 Å². The molecule has 1 amide bonds. The molecule has 0 saturated heterocycles. The summed E-state index contributed by atoms with van der Waals surface area (Å²) in [6.45, 7) is 2.28. The van der Waals surface area contributed by atoms with Crippen LogP contribution in [0.4, 0.5) is 10.1 Å². The molecule has 0 aliphatic carbocycles. The minimum atomic E-state index is -0.491. The van der Waals surface area contributed by atoms with Crippen LogP contribution >= 0.6 is 22.7 Å². The van der Waals surface area contributed by atoms with Gasteiger partial charge in [0.25, 0.3) is 5.91 Å². The van der Waals surface area contributed by atoms with Crippen molar-refractivity contribution in [3.63, 3.8) is 0 Å². The summed E-state index contributed by atoms with van der Waals surface area (Å²) in [4.78, 5) is 30.5. The highest BCUT2D eigenvalue weighted by atomic mass is 32.1. The smallest absolute Gasteiger partial charge is 0.324 e. The van der Waals surface area contributed by atoms with Crippen molar-refractivity contribution in [3.05, 3.63) is 80.7 Å². The first-order chi connectivity index (χ1) is 14.5. The minimum absolute atomic E-state index is 0.0696. The van der Waals surface area contributed by atoms with Gasteiger partial charge in [-0.15, -0.1) is 0 Å². The first-order valence-electron chi connectivity index (χ1n) is 9.02. The summed E-state index contributed by atoms with van der Waals surface area (Å²) in [6, 6.07) is 16.2. The van der Waals surface area contributed by atoms with Gasteiger partial charge in [-0.05, 0) is 30.2 Å². The van der Waals surface area contributed by atoms with Gasteiger partial charge in [0.05, 0.1) is 28.2 Å². The Morgan fingerprint density at radius 1 is 1.13 bits per heavy atom. The van der Waals surface area contributed by atoms with E-state index in [1.54, 1.807) is 12.0 Å². The number of carbonyl (C=O) groups excluding carboxylic acids is 1. The topological polar surface area (TPSA) is 85.6 Å². The van der Waals surface area contributed by atoms with E-state index in [0.717, 1.165) is 27.2 Å². The molecular weight excluding hydrogens is 422 g/mol. The maximum Gasteiger partial charge on any atom is 0.324 e. The highest BCUT2D eigenvalue weighted by Crippen LogP contribution is 2.38. The van der Waals surface area contributed by atoms with Crippen molar-refractivity contribution < 1.29 is 14.5 Å². The predicted octanol–water partition coefficient (Wildman–Crippen LogP) is 5.43. The van der Waals surface area contributed by atoms with Crippen LogP contribution in [0.15, 0.2) is 54.6 Å². The molecule has 4 rings (SSSR count). The Bertz CT molecular complexity index is 1230. The standard InChI is InChI=1S/C21H17N3O4S2/c1-13-8-9-15(28-2)18-19(13)30-21(22-18)23(12-14-6-4-3-5-7-14)20(25)16-10-11-17(29-16)24(26)27/h3-11H,12H2,1-2H3. The third kappa shape index (κ3) is 3.77. The van der Waals surface area contributed by atoms with Crippen molar-refractivity contribution in [2.45, 2.75) is 13.5 Å². The molecule has 0 N–H and O–H groups in total. The van der Waals surface area contributed by atoms with Crippen LogP contribution in [0.5, 0.6) is 5.75 Å². The molecule has 7 nitrogen and oxygen atoms in total. The van der Waals surface area contributed by atoms with Gasteiger partial charge in [0.1, 0.15) is 11.3 Å². The number of hydrogen-bond acceptors (Lipinski definition) is 7. The number of aryl methyl sites for hydroxylation is 1. The van der Waals surface area contributed by atoms with Crippen molar-refractivity contribution >= 4 is 48.9 Å². The van der Waals surface area contributed by atoms with Crippen LogP contribution in [0.25, 0.3) is 10.2 Å². The third-order valence-corrected chi connectivity index (χ3v) is 6.79. The summed E-state index contributed by atoms with van der Waals surface area (Å²) < 4.78 is 6.37. The van der Waals surface area contributed by atoms with Gasteiger partial charge in [0, 0.05) is 6.07 Å². The predicted molar refractivity (Wildman–Crippen MR) is 119 cm³/mol. The van der Waals surface area contributed by atoms with Crippen molar-refractivity contribution in [2.75, 3.05) is 12.0 Å². The van der Waals surface area contributed by atoms with E-state index >= 15 is 0 Å². The number of fused-ring (bicyclic) bond motifs is 1. The number of hydrogen-bond donors (Lipinski definition) is 0. The molecule has 2 aromatic carbocycles. The fraction of sp³-hybridized carbons (Fsp3) is 0.143. The Morgan fingerprint density at radius 2 is 1.90 bits per heavy atom. The lowest BCUT2D eigenvalue weighted by Gasteiger charge is -2.19. The number of amides is 1. The lowest BCUT2D eigenvalue weighted by Crippen LogP contribution is -2.29. The molecule has 2 aromatic heterocycles. The zero-order valence-corrected chi connectivity index (χ0v) is 17.8. The maximum absolute atomic E-state index is 13.4. The van der Waals surface area contributed by atoms with Crippen LogP contribution in [0.2, 0.25) is 0 Å². The largest absolute Gasteiger partial charge is 0.494 e. The summed E-state index contributed by atoms with van der Waals surface area (Å²) in [5.41, 5.74) is 2.66. The van der Waals surface area contributed by atoms with Crippen LogP contribution < -0.4 is 9.64 Å². The number of aromatic nitrogens is 1. The molecule has 0 radical (unpaired) electrons. The lowest BCUT2D eigenvalue weighted by molar-refractivity contribution is -0.380. The number of anilines is 1. The number of nitro groups is 1. The van der Waals surface area contributed by atoms with Crippen LogP contribution in [-0.4, -0.2) is 22.9 Å². The van der Waals surface area contributed by atoms with Crippen LogP contribution in [0.3, 0.4) is 0 Å². The van der Waals surface area contributed by atoms with E-state index in [2.05, 4.69) is 0 Å². The van der Waals surface area contributed by atoms with E-state index in [-0.39, 0.29) is 10.9 Å². The zero-order chi connectivity index (χ0) is 21.3. The van der Waals surface area contributed by atoms with Gasteiger partial charge in [0.15, 0.2) is 5.13 Å². The normalized spacial score (nSPS) is 10.9. The van der Waals surface area contributed by atoms with Crippen molar-refractivity contribution in [1.82, 2.24) is 4.98 Å². The van der Waals surface area contributed by atoms with Gasteiger partial charge in [-0.3, -0.25) is 19.8 Å². The summed E-state index contributed by atoms with van der Waals surface area (Å²) in [7, 11) is 1.58. The molecule has 4 aromatic rings. The third-order valence-electron chi connectivity index (χ3n) is 4.55. The number of rotatable bonds is 6. The van der Waals surface area contributed by atoms with Crippen molar-refractivity contribution in [1.29, 1.82) is 0 Å². The van der Waals surface area contributed by atoms with E-state index in [0.29, 0.717) is 27.8 Å². The highest BCUT2D eigenvalue weighted by molar-refractivity contribution is 7.22. The average Bonchev–Trinajstić information content (AvgIpc) is 3.41. The number of carbonyl (C=O) groups is 1. The van der Waals surface area contributed by atoms with Gasteiger partial charge in [0.2, 0.25) is 0 Å². The van der Waals surface area contributed by atoms with E-state index in [1.165, 1.54) is 23.5 Å². The van der Waals surface area contributed by atoms with Crippen LogP contribution in [-0.2, 0) is 6.54 Å². The Hall–Kier alpha value is -3.30. The van der Waals surface area contributed by atoms with Gasteiger partial charge in [-0.1, -0.05) is 59.1 Å². The second-order valence-electron chi connectivity index (χ2n) is 6.53. The van der Waals surface area contributed by atoms with E-state index in [1.807, 2.05) is 49.4 Å². The fourth-order valence-corrected chi connectivity index (χ4v) is 4.86. The molecule has 0 fully saturated rings. The Balaban J connectivity index is 1.80. The first-order valence-corrected chi connectivity index (χ1v) is 10.7. The molecule has 9 heteroatoms. The summed E-state index contributed by atoms with van der Waals surface area (Å²) in [5.74, 6) is 0.310. The number of thiophene rings is 1. The second kappa shape index (κ2) is 8.21. The molecule has 0 bridgehead atoms. The zero-order valence-electron chi connectivity index (χ0n) is 16.2. The van der Waals surface area contributed by atoms with E-state index < -0.39 is 4.92 Å². The lowest BCUT2D eigenvalue weighted by atomic mass is 10.2.